The van der Waals surface area contributed by atoms with Crippen molar-refractivity contribution in [3.8, 4) is 0 Å². The second-order valence-corrected chi connectivity index (χ2v) is 7.04. The summed E-state index contributed by atoms with van der Waals surface area (Å²) < 4.78 is 0. The van der Waals surface area contributed by atoms with Crippen LogP contribution >= 0.6 is 0 Å². The molecule has 0 aromatic heterocycles. The van der Waals surface area contributed by atoms with Crippen molar-refractivity contribution in [1.29, 1.82) is 0 Å². The molecule has 2 aliphatic rings. The first-order valence-electron chi connectivity index (χ1n) is 8.92. The summed E-state index contributed by atoms with van der Waals surface area (Å²) >= 11 is 0. The smallest absolute Gasteiger partial charge is 0.292 e. The van der Waals surface area contributed by atoms with Crippen LogP contribution in [0.2, 0.25) is 0 Å². The first-order chi connectivity index (χ1) is 12.7. The molecule has 3 aromatic rings. The highest BCUT2D eigenvalue weighted by atomic mass is 16.6. The Morgan fingerprint density at radius 1 is 0.962 bits per heavy atom. The van der Waals surface area contributed by atoms with Gasteiger partial charge in [0, 0.05) is 12.0 Å². The summed E-state index contributed by atoms with van der Waals surface area (Å²) in [5.41, 5.74) is 3.08. The van der Waals surface area contributed by atoms with Gasteiger partial charge in [0.05, 0.1) is 11.0 Å². The van der Waals surface area contributed by atoms with Crippen LogP contribution in [0.15, 0.2) is 72.8 Å². The third kappa shape index (κ3) is 2.15. The van der Waals surface area contributed by atoms with Gasteiger partial charge in [0.25, 0.3) is 5.69 Å². The molecule has 3 atom stereocenters. The number of rotatable bonds is 2. The number of nitrogens with one attached hydrogen (secondary N) is 1. The minimum Gasteiger partial charge on any atom is -0.372 e. The number of nitrogens with zero attached hydrogens (tertiary/aromatic N) is 1. The van der Waals surface area contributed by atoms with Gasteiger partial charge in [-0.2, -0.15) is 0 Å². The third-order valence-electron chi connectivity index (χ3n) is 5.73. The summed E-state index contributed by atoms with van der Waals surface area (Å²) in [7, 11) is 0. The fraction of sp³-hybridized carbons (Fsp3) is 0.182. The minimum atomic E-state index is -0.287. The summed E-state index contributed by atoms with van der Waals surface area (Å²) in [6.45, 7) is 0. The van der Waals surface area contributed by atoms with Crippen LogP contribution in [0.5, 0.6) is 0 Å². The van der Waals surface area contributed by atoms with Gasteiger partial charge in [-0.15, -0.1) is 0 Å². The van der Waals surface area contributed by atoms with Crippen molar-refractivity contribution < 1.29 is 4.92 Å². The number of fused-ring (bicyclic) bond motifs is 4. The molecule has 1 heterocycles. The molecule has 128 valence electrons. The SMILES string of the molecule is O=[N+]([O-])c1cccc2c1N[C@H](c1cccc3ccccc13)[C@@H]1CC=C[C@H]21. The molecule has 4 nitrogen and oxygen atoms in total. The second-order valence-electron chi connectivity index (χ2n) is 7.04. The lowest BCUT2D eigenvalue weighted by Crippen LogP contribution is -2.29. The number of hydrogen-bond acceptors (Lipinski definition) is 3. The lowest BCUT2D eigenvalue weighted by Gasteiger charge is -2.37. The molecule has 0 spiro atoms. The monoisotopic (exact) mass is 342 g/mol. The highest BCUT2D eigenvalue weighted by Gasteiger charge is 2.40. The van der Waals surface area contributed by atoms with E-state index in [0.717, 1.165) is 12.0 Å². The average Bonchev–Trinajstić information content (AvgIpc) is 3.16. The largest absolute Gasteiger partial charge is 0.372 e. The van der Waals surface area contributed by atoms with Gasteiger partial charge >= 0.3 is 0 Å². The summed E-state index contributed by atoms with van der Waals surface area (Å²) in [5.74, 6) is 0.588. The average molecular weight is 342 g/mol. The van der Waals surface area contributed by atoms with Crippen molar-refractivity contribution in [3.63, 3.8) is 0 Å². The molecule has 0 unspecified atom stereocenters. The number of para-hydroxylation sites is 1. The van der Waals surface area contributed by atoms with Gasteiger partial charge in [0.2, 0.25) is 0 Å². The predicted molar refractivity (Wildman–Crippen MR) is 103 cm³/mol. The fourth-order valence-electron chi connectivity index (χ4n) is 4.59. The van der Waals surface area contributed by atoms with Gasteiger partial charge in [0.15, 0.2) is 0 Å². The standard InChI is InChI=1S/C22H18N2O2/c25-24(26)20-13-5-12-19-16-9-4-11-18(16)21(23-22(19)20)17-10-3-7-14-6-1-2-8-15(14)17/h1-10,12-13,16,18,21,23H,11H2/t16-,18+,21+/m0/s1. The quantitative estimate of drug-likeness (QED) is 0.376. The molecule has 1 aliphatic heterocycles. The van der Waals surface area contributed by atoms with Gasteiger partial charge in [0.1, 0.15) is 5.69 Å². The third-order valence-corrected chi connectivity index (χ3v) is 5.73. The van der Waals surface area contributed by atoms with Crippen molar-refractivity contribution in [1.82, 2.24) is 0 Å². The van der Waals surface area contributed by atoms with Crippen LogP contribution in [0.3, 0.4) is 0 Å². The first-order valence-corrected chi connectivity index (χ1v) is 8.92. The summed E-state index contributed by atoms with van der Waals surface area (Å²) in [6.07, 6.45) is 5.41. The molecule has 26 heavy (non-hydrogen) atoms. The number of nitro benzene ring substituents is 1. The van der Waals surface area contributed by atoms with E-state index in [9.17, 15) is 10.1 Å². The fourth-order valence-corrected chi connectivity index (χ4v) is 4.59. The zero-order valence-corrected chi connectivity index (χ0v) is 14.1. The van der Waals surface area contributed by atoms with E-state index >= 15 is 0 Å². The van der Waals surface area contributed by atoms with Crippen molar-refractivity contribution in [3.05, 3.63) is 94.1 Å². The number of allylic oxidation sites excluding steroid dienone is 2. The zero-order valence-electron chi connectivity index (χ0n) is 14.1. The van der Waals surface area contributed by atoms with E-state index in [-0.39, 0.29) is 22.6 Å². The van der Waals surface area contributed by atoms with Crippen molar-refractivity contribution in [2.45, 2.75) is 18.4 Å². The van der Waals surface area contributed by atoms with Crippen LogP contribution in [0, 0.1) is 16.0 Å². The van der Waals surface area contributed by atoms with Crippen LogP contribution in [-0.2, 0) is 0 Å². The Hall–Kier alpha value is -3.14. The van der Waals surface area contributed by atoms with Gasteiger partial charge in [-0.05, 0) is 34.2 Å². The van der Waals surface area contributed by atoms with E-state index in [1.165, 1.54) is 16.3 Å². The van der Waals surface area contributed by atoms with Crippen LogP contribution in [0.1, 0.15) is 29.5 Å². The molecular weight excluding hydrogens is 324 g/mol. The topological polar surface area (TPSA) is 55.2 Å². The molecule has 1 aliphatic carbocycles. The Morgan fingerprint density at radius 2 is 1.73 bits per heavy atom. The highest BCUT2D eigenvalue weighted by Crippen LogP contribution is 2.52. The molecular formula is C22H18N2O2. The summed E-state index contributed by atoms with van der Waals surface area (Å²) in [4.78, 5) is 11.3. The zero-order chi connectivity index (χ0) is 17.7. The molecule has 0 amide bonds. The number of nitro groups is 1. The van der Waals surface area contributed by atoms with Crippen molar-refractivity contribution in [2.24, 2.45) is 5.92 Å². The molecule has 1 N–H and O–H groups in total. The molecule has 0 bridgehead atoms. The predicted octanol–water partition coefficient (Wildman–Crippen LogP) is 5.57. The Kier molecular flexibility index (Phi) is 3.32. The maximum atomic E-state index is 11.6. The van der Waals surface area contributed by atoms with Gasteiger partial charge in [-0.1, -0.05) is 66.7 Å². The maximum Gasteiger partial charge on any atom is 0.292 e. The van der Waals surface area contributed by atoms with Gasteiger partial charge in [-0.25, -0.2) is 0 Å². The maximum absolute atomic E-state index is 11.6. The lowest BCUT2D eigenvalue weighted by atomic mass is 9.76. The second kappa shape index (κ2) is 5.70. The Labute approximate surface area is 151 Å². The van der Waals surface area contributed by atoms with Crippen LogP contribution in [0.4, 0.5) is 11.4 Å². The number of hydrogen-bond donors (Lipinski definition) is 1. The Balaban J connectivity index is 1.71. The normalized spacial score (nSPS) is 23.3. The molecule has 3 aromatic carbocycles. The summed E-state index contributed by atoms with van der Waals surface area (Å²) in [6, 6.07) is 20.1. The van der Waals surface area contributed by atoms with E-state index in [1.54, 1.807) is 12.1 Å². The van der Waals surface area contributed by atoms with Crippen molar-refractivity contribution >= 4 is 22.1 Å². The van der Waals surface area contributed by atoms with E-state index in [1.807, 2.05) is 12.1 Å². The minimum absolute atomic E-state index is 0.0506. The molecule has 0 saturated carbocycles. The number of benzene rings is 3. The molecule has 0 fully saturated rings. The van der Waals surface area contributed by atoms with Gasteiger partial charge < -0.3 is 5.32 Å². The van der Waals surface area contributed by atoms with E-state index in [0.29, 0.717) is 11.6 Å². The highest BCUT2D eigenvalue weighted by molar-refractivity contribution is 5.87. The lowest BCUT2D eigenvalue weighted by molar-refractivity contribution is -0.384. The number of anilines is 1. The molecule has 0 saturated heterocycles. The molecule has 4 heteroatoms. The van der Waals surface area contributed by atoms with Crippen LogP contribution in [-0.4, -0.2) is 4.92 Å². The van der Waals surface area contributed by atoms with Crippen LogP contribution in [0.25, 0.3) is 10.8 Å². The van der Waals surface area contributed by atoms with E-state index in [4.69, 9.17) is 0 Å². The van der Waals surface area contributed by atoms with Crippen molar-refractivity contribution in [2.75, 3.05) is 5.32 Å². The van der Waals surface area contributed by atoms with E-state index in [2.05, 4.69) is 53.9 Å². The molecule has 0 radical (unpaired) electrons. The Morgan fingerprint density at radius 3 is 2.62 bits per heavy atom. The Bertz CT molecular complexity index is 1050. The van der Waals surface area contributed by atoms with Gasteiger partial charge in [-0.3, -0.25) is 10.1 Å². The molecule has 5 rings (SSSR count). The van der Waals surface area contributed by atoms with E-state index < -0.39 is 0 Å². The first kappa shape index (κ1) is 15.1. The van der Waals surface area contributed by atoms with Crippen LogP contribution < -0.4 is 5.32 Å². The summed E-state index contributed by atoms with van der Waals surface area (Å²) in [5, 5.41) is 17.5.